The Morgan fingerprint density at radius 3 is 2.58 bits per heavy atom. The highest BCUT2D eigenvalue weighted by Gasteiger charge is 2.33. The minimum absolute atomic E-state index is 0.121. The number of fused-ring (bicyclic) bond motifs is 2. The van der Waals surface area contributed by atoms with Gasteiger partial charge in [0.15, 0.2) is 11.5 Å². The second-order valence-corrected chi connectivity index (χ2v) is 6.89. The normalized spacial score (nSPS) is 21.7. The molecule has 2 aromatic carbocycles. The fourth-order valence-electron chi connectivity index (χ4n) is 3.59. The van der Waals surface area contributed by atoms with Gasteiger partial charge in [-0.05, 0) is 36.6 Å². The number of hydrogen-bond donors (Lipinski definition) is 1. The summed E-state index contributed by atoms with van der Waals surface area (Å²) >= 11 is 0. The van der Waals surface area contributed by atoms with Gasteiger partial charge in [-0.25, -0.2) is 0 Å². The monoisotopic (exact) mass is 352 g/mol. The summed E-state index contributed by atoms with van der Waals surface area (Å²) in [4.78, 5) is 14.9. The fraction of sp³-hybridized carbons (Fsp3) is 0.381. The lowest BCUT2D eigenvalue weighted by Crippen LogP contribution is -2.50. The standard InChI is InChI=1S/C21H24N2O3/c1-15-20(26-19-9-5-4-8-18(19)25-15)21(24)22-11-13-23-12-10-16-6-2-3-7-17(16)14-23/h2-9,15,20H,10-14H2,1H3,(H,22,24). The Kier molecular flexibility index (Phi) is 4.80. The molecule has 0 bridgehead atoms. The first-order chi connectivity index (χ1) is 12.7. The molecule has 0 aromatic heterocycles. The molecule has 2 heterocycles. The summed E-state index contributed by atoms with van der Waals surface area (Å²) in [6.45, 7) is 5.27. The van der Waals surface area contributed by atoms with Crippen molar-refractivity contribution in [1.82, 2.24) is 10.2 Å². The molecule has 2 aromatic rings. The highest BCUT2D eigenvalue weighted by molar-refractivity contribution is 5.82. The molecule has 2 aliphatic rings. The van der Waals surface area contributed by atoms with E-state index in [9.17, 15) is 4.79 Å². The van der Waals surface area contributed by atoms with E-state index < -0.39 is 6.10 Å². The topological polar surface area (TPSA) is 50.8 Å². The van der Waals surface area contributed by atoms with Crippen molar-refractivity contribution >= 4 is 5.91 Å². The van der Waals surface area contributed by atoms with Gasteiger partial charge in [-0.3, -0.25) is 9.69 Å². The number of rotatable bonds is 4. The Bertz CT molecular complexity index is 792. The third-order valence-corrected chi connectivity index (χ3v) is 5.04. The van der Waals surface area contributed by atoms with E-state index in [1.807, 2.05) is 31.2 Å². The van der Waals surface area contributed by atoms with Gasteiger partial charge in [-0.15, -0.1) is 0 Å². The predicted molar refractivity (Wildman–Crippen MR) is 99.4 cm³/mol. The van der Waals surface area contributed by atoms with Crippen LogP contribution in [0, 0.1) is 0 Å². The van der Waals surface area contributed by atoms with Crippen molar-refractivity contribution < 1.29 is 14.3 Å². The molecule has 1 amide bonds. The number of ether oxygens (including phenoxy) is 2. The Balaban J connectivity index is 1.28. The quantitative estimate of drug-likeness (QED) is 0.918. The van der Waals surface area contributed by atoms with Crippen molar-refractivity contribution in [1.29, 1.82) is 0 Å². The van der Waals surface area contributed by atoms with Gasteiger partial charge in [0.05, 0.1) is 0 Å². The molecule has 0 radical (unpaired) electrons. The van der Waals surface area contributed by atoms with Crippen molar-refractivity contribution in [2.75, 3.05) is 19.6 Å². The first-order valence-electron chi connectivity index (χ1n) is 9.20. The summed E-state index contributed by atoms with van der Waals surface area (Å²) in [6, 6.07) is 16.0. The summed E-state index contributed by atoms with van der Waals surface area (Å²) in [6.07, 6.45) is 0.135. The Labute approximate surface area is 153 Å². The van der Waals surface area contributed by atoms with Crippen molar-refractivity contribution in [3.63, 3.8) is 0 Å². The zero-order chi connectivity index (χ0) is 17.9. The van der Waals surface area contributed by atoms with E-state index >= 15 is 0 Å². The number of hydrogen-bond acceptors (Lipinski definition) is 4. The minimum atomic E-state index is -0.619. The number of para-hydroxylation sites is 2. The maximum Gasteiger partial charge on any atom is 0.265 e. The van der Waals surface area contributed by atoms with E-state index in [0.29, 0.717) is 18.0 Å². The van der Waals surface area contributed by atoms with Crippen LogP contribution < -0.4 is 14.8 Å². The zero-order valence-electron chi connectivity index (χ0n) is 15.0. The van der Waals surface area contributed by atoms with Crippen LogP contribution in [0.5, 0.6) is 11.5 Å². The largest absolute Gasteiger partial charge is 0.482 e. The van der Waals surface area contributed by atoms with Gasteiger partial charge >= 0.3 is 0 Å². The molecule has 0 saturated heterocycles. The maximum atomic E-state index is 12.5. The molecule has 5 nitrogen and oxygen atoms in total. The SMILES string of the molecule is CC1Oc2ccccc2OC1C(=O)NCCN1CCc2ccccc2C1. The van der Waals surface area contributed by atoms with Crippen molar-refractivity contribution in [2.45, 2.75) is 32.1 Å². The number of amides is 1. The zero-order valence-corrected chi connectivity index (χ0v) is 15.0. The lowest BCUT2D eigenvalue weighted by Gasteiger charge is -2.32. The summed E-state index contributed by atoms with van der Waals surface area (Å²) in [7, 11) is 0. The van der Waals surface area contributed by atoms with E-state index in [1.165, 1.54) is 11.1 Å². The van der Waals surface area contributed by atoms with Gasteiger partial charge in [0.25, 0.3) is 5.91 Å². The number of benzene rings is 2. The van der Waals surface area contributed by atoms with Gasteiger partial charge in [-0.1, -0.05) is 36.4 Å². The van der Waals surface area contributed by atoms with Gasteiger partial charge in [0.2, 0.25) is 6.10 Å². The van der Waals surface area contributed by atoms with Crippen LogP contribution >= 0.6 is 0 Å². The molecule has 2 aliphatic heterocycles. The molecule has 1 N–H and O–H groups in total. The fourth-order valence-corrected chi connectivity index (χ4v) is 3.59. The molecule has 5 heteroatoms. The van der Waals surface area contributed by atoms with Crippen LogP contribution in [0.4, 0.5) is 0 Å². The molecular formula is C21H24N2O3. The van der Waals surface area contributed by atoms with E-state index in [2.05, 4.69) is 34.5 Å². The van der Waals surface area contributed by atoms with Gasteiger partial charge < -0.3 is 14.8 Å². The van der Waals surface area contributed by atoms with Crippen LogP contribution in [0.15, 0.2) is 48.5 Å². The number of carbonyl (C=O) groups is 1. The highest BCUT2D eigenvalue weighted by Crippen LogP contribution is 2.33. The predicted octanol–water partition coefficient (Wildman–Crippen LogP) is 2.39. The molecule has 26 heavy (non-hydrogen) atoms. The molecule has 0 fully saturated rings. The number of nitrogens with one attached hydrogen (secondary N) is 1. The van der Waals surface area contributed by atoms with E-state index in [4.69, 9.17) is 9.47 Å². The van der Waals surface area contributed by atoms with Crippen molar-refractivity contribution in [3.8, 4) is 11.5 Å². The first-order valence-corrected chi connectivity index (χ1v) is 9.20. The average Bonchev–Trinajstić information content (AvgIpc) is 2.67. The Morgan fingerprint density at radius 1 is 1.08 bits per heavy atom. The van der Waals surface area contributed by atoms with Crippen molar-refractivity contribution in [3.05, 3.63) is 59.7 Å². The number of carbonyl (C=O) groups excluding carboxylic acids is 1. The summed E-state index contributed by atoms with van der Waals surface area (Å²) in [5.41, 5.74) is 2.83. The Hall–Kier alpha value is -2.53. The van der Waals surface area contributed by atoms with Crippen molar-refractivity contribution in [2.24, 2.45) is 0 Å². The van der Waals surface area contributed by atoms with Gasteiger partial charge in [0.1, 0.15) is 6.10 Å². The van der Waals surface area contributed by atoms with Crippen LogP contribution in [-0.2, 0) is 17.8 Å². The second-order valence-electron chi connectivity index (χ2n) is 6.89. The van der Waals surface area contributed by atoms with Crippen LogP contribution in [-0.4, -0.2) is 42.6 Å². The lowest BCUT2D eigenvalue weighted by atomic mass is 10.00. The molecule has 136 valence electrons. The van der Waals surface area contributed by atoms with Crippen LogP contribution in [0.1, 0.15) is 18.1 Å². The lowest BCUT2D eigenvalue weighted by molar-refractivity contribution is -0.133. The van der Waals surface area contributed by atoms with Crippen LogP contribution in [0.2, 0.25) is 0 Å². The van der Waals surface area contributed by atoms with E-state index in [1.54, 1.807) is 0 Å². The highest BCUT2D eigenvalue weighted by atomic mass is 16.6. The van der Waals surface area contributed by atoms with Gasteiger partial charge in [0, 0.05) is 26.2 Å². The average molecular weight is 352 g/mol. The van der Waals surface area contributed by atoms with E-state index in [0.717, 1.165) is 26.1 Å². The third-order valence-electron chi connectivity index (χ3n) is 5.04. The van der Waals surface area contributed by atoms with Gasteiger partial charge in [-0.2, -0.15) is 0 Å². The molecule has 2 unspecified atom stereocenters. The molecule has 0 aliphatic carbocycles. The molecule has 4 rings (SSSR count). The summed E-state index contributed by atoms with van der Waals surface area (Å²) in [5, 5.41) is 3.00. The Morgan fingerprint density at radius 2 is 1.77 bits per heavy atom. The molecule has 2 atom stereocenters. The smallest absolute Gasteiger partial charge is 0.265 e. The maximum absolute atomic E-state index is 12.5. The molecular weight excluding hydrogens is 328 g/mol. The molecule has 0 spiro atoms. The van der Waals surface area contributed by atoms with Crippen LogP contribution in [0.3, 0.4) is 0 Å². The number of nitrogens with zero attached hydrogens (tertiary/aromatic N) is 1. The summed E-state index contributed by atoms with van der Waals surface area (Å²) in [5.74, 6) is 1.19. The second kappa shape index (κ2) is 7.38. The third kappa shape index (κ3) is 3.53. The van der Waals surface area contributed by atoms with E-state index in [-0.39, 0.29) is 12.0 Å². The first kappa shape index (κ1) is 16.9. The molecule has 0 saturated carbocycles. The summed E-state index contributed by atoms with van der Waals surface area (Å²) < 4.78 is 11.6. The van der Waals surface area contributed by atoms with Crippen LogP contribution in [0.25, 0.3) is 0 Å². The minimum Gasteiger partial charge on any atom is -0.482 e.